The average molecular weight is 246 g/mol. The third-order valence-corrected chi connectivity index (χ3v) is 4.38. The fourth-order valence-electron chi connectivity index (χ4n) is 3.24. The number of hydrogen-bond acceptors (Lipinski definition) is 2. The van der Waals surface area contributed by atoms with Crippen LogP contribution in [0.4, 0.5) is 0 Å². The van der Waals surface area contributed by atoms with Gasteiger partial charge in [-0.3, -0.25) is 0 Å². The molecule has 0 aliphatic heterocycles. The maximum absolute atomic E-state index is 10.0. The number of ether oxygens (including phenoxy) is 1. The molecule has 0 saturated heterocycles. The van der Waals surface area contributed by atoms with E-state index in [1.807, 2.05) is 0 Å². The molecule has 2 nitrogen and oxygen atoms in total. The second kappa shape index (κ2) is 4.93. The van der Waals surface area contributed by atoms with Crippen LogP contribution in [0.15, 0.2) is 18.2 Å². The molecule has 1 fully saturated rings. The van der Waals surface area contributed by atoms with Crippen LogP contribution in [0.3, 0.4) is 0 Å². The first kappa shape index (κ1) is 12.0. The molecule has 1 saturated carbocycles. The number of rotatable bonds is 2. The predicted octanol–water partition coefficient (Wildman–Crippen LogP) is 3.10. The molecule has 1 aromatic rings. The first-order valence-corrected chi connectivity index (χ1v) is 7.19. The number of fused-ring (bicyclic) bond motifs is 1. The van der Waals surface area contributed by atoms with E-state index in [2.05, 4.69) is 25.1 Å². The molecule has 2 heteroatoms. The molecule has 3 atom stereocenters. The zero-order valence-electron chi connectivity index (χ0n) is 11.1. The summed E-state index contributed by atoms with van der Waals surface area (Å²) in [6.07, 6.45) is 6.29. The van der Waals surface area contributed by atoms with Crippen molar-refractivity contribution in [3.05, 3.63) is 29.3 Å². The van der Waals surface area contributed by atoms with Gasteiger partial charge in [-0.05, 0) is 67.7 Å². The molecule has 2 aliphatic rings. The van der Waals surface area contributed by atoms with Crippen molar-refractivity contribution in [2.75, 3.05) is 0 Å². The summed E-state index contributed by atoms with van der Waals surface area (Å²) in [6, 6.07) is 6.43. The Hall–Kier alpha value is -1.02. The molecule has 3 rings (SSSR count). The molecule has 0 spiro atoms. The van der Waals surface area contributed by atoms with Gasteiger partial charge in [0.1, 0.15) is 11.9 Å². The summed E-state index contributed by atoms with van der Waals surface area (Å²) >= 11 is 0. The van der Waals surface area contributed by atoms with Crippen LogP contribution < -0.4 is 4.74 Å². The molecule has 0 radical (unpaired) electrons. The summed E-state index contributed by atoms with van der Waals surface area (Å²) in [4.78, 5) is 0. The molecular formula is C16H22O2. The molecule has 1 aromatic carbocycles. The van der Waals surface area contributed by atoms with Crippen molar-refractivity contribution in [1.29, 1.82) is 0 Å². The van der Waals surface area contributed by atoms with Gasteiger partial charge in [-0.1, -0.05) is 13.0 Å². The highest BCUT2D eigenvalue weighted by atomic mass is 16.5. The molecule has 18 heavy (non-hydrogen) atoms. The third-order valence-electron chi connectivity index (χ3n) is 4.38. The van der Waals surface area contributed by atoms with Crippen molar-refractivity contribution in [1.82, 2.24) is 0 Å². The van der Waals surface area contributed by atoms with Crippen LogP contribution >= 0.6 is 0 Å². The van der Waals surface area contributed by atoms with E-state index in [1.165, 1.54) is 30.4 Å². The van der Waals surface area contributed by atoms with E-state index in [-0.39, 0.29) is 12.2 Å². The van der Waals surface area contributed by atoms with Gasteiger partial charge >= 0.3 is 0 Å². The molecule has 1 N–H and O–H groups in total. The maximum atomic E-state index is 10.0. The van der Waals surface area contributed by atoms with Crippen LogP contribution in [-0.2, 0) is 12.8 Å². The minimum absolute atomic E-state index is 0.0202. The second-order valence-corrected chi connectivity index (χ2v) is 5.93. The summed E-state index contributed by atoms with van der Waals surface area (Å²) < 4.78 is 6.01. The van der Waals surface area contributed by atoms with Crippen LogP contribution in [0.2, 0.25) is 0 Å². The van der Waals surface area contributed by atoms with Gasteiger partial charge in [-0.25, -0.2) is 0 Å². The largest absolute Gasteiger partial charge is 0.488 e. The first-order valence-electron chi connectivity index (χ1n) is 7.19. The van der Waals surface area contributed by atoms with Crippen LogP contribution in [-0.4, -0.2) is 17.3 Å². The van der Waals surface area contributed by atoms with Gasteiger partial charge < -0.3 is 9.84 Å². The van der Waals surface area contributed by atoms with E-state index < -0.39 is 0 Å². The number of aliphatic hydroxyl groups is 1. The minimum Gasteiger partial charge on any atom is -0.488 e. The number of aliphatic hydroxyl groups excluding tert-OH is 1. The van der Waals surface area contributed by atoms with E-state index in [0.717, 1.165) is 25.0 Å². The van der Waals surface area contributed by atoms with E-state index in [9.17, 15) is 5.11 Å². The van der Waals surface area contributed by atoms with Gasteiger partial charge in [0.25, 0.3) is 0 Å². The smallest absolute Gasteiger partial charge is 0.125 e. The van der Waals surface area contributed by atoms with Crippen molar-refractivity contribution >= 4 is 0 Å². The molecule has 0 amide bonds. The number of aryl methyl sites for hydroxylation is 2. The monoisotopic (exact) mass is 246 g/mol. The molecule has 2 aliphatic carbocycles. The Morgan fingerprint density at radius 2 is 2.00 bits per heavy atom. The maximum Gasteiger partial charge on any atom is 0.125 e. The van der Waals surface area contributed by atoms with Crippen molar-refractivity contribution in [3.63, 3.8) is 0 Å². The molecule has 0 aromatic heterocycles. The highest BCUT2D eigenvalue weighted by Crippen LogP contribution is 2.30. The lowest BCUT2D eigenvalue weighted by Crippen LogP contribution is -2.37. The molecule has 0 bridgehead atoms. The summed E-state index contributed by atoms with van der Waals surface area (Å²) in [5.41, 5.74) is 2.91. The van der Waals surface area contributed by atoms with E-state index in [0.29, 0.717) is 5.92 Å². The summed E-state index contributed by atoms with van der Waals surface area (Å²) in [5.74, 6) is 1.60. The lowest BCUT2D eigenvalue weighted by molar-refractivity contribution is -0.00761. The van der Waals surface area contributed by atoms with Crippen molar-refractivity contribution in [2.45, 2.75) is 57.7 Å². The van der Waals surface area contributed by atoms with E-state index in [1.54, 1.807) is 0 Å². The second-order valence-electron chi connectivity index (χ2n) is 5.93. The summed E-state index contributed by atoms with van der Waals surface area (Å²) in [7, 11) is 0. The Kier molecular flexibility index (Phi) is 3.29. The molecular weight excluding hydrogens is 224 g/mol. The van der Waals surface area contributed by atoms with Crippen LogP contribution in [0.5, 0.6) is 5.75 Å². The van der Waals surface area contributed by atoms with E-state index in [4.69, 9.17) is 4.74 Å². The lowest BCUT2D eigenvalue weighted by atomic mass is 9.86. The fraction of sp³-hybridized carbons (Fsp3) is 0.625. The summed E-state index contributed by atoms with van der Waals surface area (Å²) in [6.45, 7) is 2.24. The zero-order chi connectivity index (χ0) is 12.5. The highest BCUT2D eigenvalue weighted by molar-refractivity contribution is 5.38. The molecule has 0 heterocycles. The summed E-state index contributed by atoms with van der Waals surface area (Å²) in [5, 5.41) is 10.0. The first-order chi connectivity index (χ1) is 8.72. The minimum atomic E-state index is -0.297. The Balaban J connectivity index is 1.72. The van der Waals surface area contributed by atoms with Crippen LogP contribution in [0.25, 0.3) is 0 Å². The predicted molar refractivity (Wildman–Crippen MR) is 71.9 cm³/mol. The van der Waals surface area contributed by atoms with Gasteiger partial charge in [-0.15, -0.1) is 0 Å². The normalized spacial score (nSPS) is 31.1. The highest BCUT2D eigenvalue weighted by Gasteiger charge is 2.28. The Labute approximate surface area is 109 Å². The van der Waals surface area contributed by atoms with Crippen LogP contribution in [0, 0.1) is 5.92 Å². The quantitative estimate of drug-likeness (QED) is 0.869. The van der Waals surface area contributed by atoms with Crippen molar-refractivity contribution in [2.24, 2.45) is 5.92 Å². The van der Waals surface area contributed by atoms with Crippen molar-refractivity contribution in [3.8, 4) is 5.75 Å². The Morgan fingerprint density at radius 3 is 2.89 bits per heavy atom. The van der Waals surface area contributed by atoms with Gasteiger partial charge in [-0.2, -0.15) is 0 Å². The van der Waals surface area contributed by atoms with Crippen LogP contribution in [0.1, 0.15) is 43.7 Å². The topological polar surface area (TPSA) is 29.5 Å². The van der Waals surface area contributed by atoms with Gasteiger partial charge in [0.15, 0.2) is 0 Å². The van der Waals surface area contributed by atoms with Gasteiger partial charge in [0.05, 0.1) is 6.10 Å². The third kappa shape index (κ3) is 2.39. The van der Waals surface area contributed by atoms with Crippen molar-refractivity contribution < 1.29 is 9.84 Å². The average Bonchev–Trinajstić information content (AvgIpc) is 2.81. The lowest BCUT2D eigenvalue weighted by Gasteiger charge is -2.32. The standard InChI is InChI=1S/C16H22O2/c1-11-5-8-15(17)16(9-11)18-14-7-6-12-3-2-4-13(12)10-14/h6-7,10-11,15-17H,2-5,8-9H2,1H3. The fourth-order valence-corrected chi connectivity index (χ4v) is 3.24. The number of benzene rings is 1. The van der Waals surface area contributed by atoms with Gasteiger partial charge in [0, 0.05) is 0 Å². The Morgan fingerprint density at radius 1 is 1.17 bits per heavy atom. The number of hydrogen-bond donors (Lipinski definition) is 1. The van der Waals surface area contributed by atoms with Gasteiger partial charge in [0.2, 0.25) is 0 Å². The zero-order valence-corrected chi connectivity index (χ0v) is 11.1. The Bertz CT molecular complexity index is 427. The molecule has 3 unspecified atom stereocenters. The molecule has 98 valence electrons. The van der Waals surface area contributed by atoms with E-state index >= 15 is 0 Å². The SMILES string of the molecule is CC1CCC(O)C(Oc2ccc3c(c2)CCC3)C1.